The van der Waals surface area contributed by atoms with Gasteiger partial charge in [0, 0.05) is 49.4 Å². The number of halogens is 2. The van der Waals surface area contributed by atoms with Gasteiger partial charge in [-0.25, -0.2) is 8.78 Å². The first-order valence-corrected chi connectivity index (χ1v) is 12.1. The molecule has 1 unspecified atom stereocenters. The first-order valence-electron chi connectivity index (χ1n) is 12.1. The van der Waals surface area contributed by atoms with E-state index in [1.165, 1.54) is 24.3 Å². The molecule has 35 heavy (non-hydrogen) atoms. The largest absolute Gasteiger partial charge is 0.337 e. The summed E-state index contributed by atoms with van der Waals surface area (Å²) in [4.78, 5) is 29.8. The van der Waals surface area contributed by atoms with Gasteiger partial charge < -0.3 is 10.2 Å². The number of nitrogens with one attached hydrogen (secondary N) is 1. The molecule has 1 saturated carbocycles. The van der Waals surface area contributed by atoms with Crippen molar-refractivity contribution in [2.75, 3.05) is 25.0 Å². The Morgan fingerprint density at radius 2 is 1.89 bits per heavy atom. The Balaban J connectivity index is 1.44. The van der Waals surface area contributed by atoms with E-state index in [2.05, 4.69) is 17.1 Å². The van der Waals surface area contributed by atoms with Crippen LogP contribution in [0, 0.1) is 35.8 Å². The molecule has 1 aliphatic carbocycles. The maximum atomic E-state index is 14.5. The van der Waals surface area contributed by atoms with E-state index in [0.29, 0.717) is 31.9 Å². The predicted octanol–water partition coefficient (Wildman–Crippen LogP) is 4.62. The molecule has 2 fully saturated rings. The van der Waals surface area contributed by atoms with Crippen LogP contribution >= 0.6 is 0 Å². The smallest absolute Gasteiger partial charge is 0.255 e. The van der Waals surface area contributed by atoms with Crippen LogP contribution in [-0.2, 0) is 11.3 Å². The summed E-state index contributed by atoms with van der Waals surface area (Å²) < 4.78 is 28.1. The normalized spacial score (nSPS) is 18.9. The van der Waals surface area contributed by atoms with Crippen molar-refractivity contribution in [2.45, 2.75) is 52.1 Å². The molecule has 0 radical (unpaired) electrons. The zero-order valence-electron chi connectivity index (χ0n) is 20.1. The van der Waals surface area contributed by atoms with Crippen LogP contribution in [0.2, 0.25) is 0 Å². The monoisotopic (exact) mass is 480 g/mol. The molecule has 1 N–H and O–H groups in total. The first-order chi connectivity index (χ1) is 16.8. The molecule has 2 aromatic rings. The van der Waals surface area contributed by atoms with Gasteiger partial charge in [-0.3, -0.25) is 14.5 Å². The standard InChI is InChI=1S/C27H30F2N4O2/c1-17-15-32(9-10-33(17)27(35)19-5-3-4-6-19)16-22-12-23(28)13-25(18(22)2)31-26(34)20-7-8-24(29)21(11-20)14-30/h7-8,11-13,17,19H,3-6,9-10,15-16H2,1-2H3,(H,31,34). The van der Waals surface area contributed by atoms with Gasteiger partial charge in [0.1, 0.15) is 17.7 Å². The highest BCUT2D eigenvalue weighted by molar-refractivity contribution is 6.05. The molecule has 1 atom stereocenters. The predicted molar refractivity (Wildman–Crippen MR) is 129 cm³/mol. The molecule has 0 aromatic heterocycles. The summed E-state index contributed by atoms with van der Waals surface area (Å²) in [7, 11) is 0. The number of nitrogens with zero attached hydrogens (tertiary/aromatic N) is 3. The van der Waals surface area contributed by atoms with Crippen LogP contribution < -0.4 is 5.32 Å². The molecule has 4 rings (SSSR count). The average Bonchev–Trinajstić information content (AvgIpc) is 3.37. The Bertz CT molecular complexity index is 1170. The molecule has 0 spiro atoms. The zero-order chi connectivity index (χ0) is 25.1. The number of benzene rings is 2. The van der Waals surface area contributed by atoms with E-state index in [9.17, 15) is 18.4 Å². The molecule has 2 amide bonds. The number of nitriles is 1. The minimum atomic E-state index is -0.701. The molecule has 0 bridgehead atoms. The van der Waals surface area contributed by atoms with Crippen LogP contribution in [0.4, 0.5) is 14.5 Å². The van der Waals surface area contributed by atoms with Gasteiger partial charge in [0.15, 0.2) is 0 Å². The second-order valence-corrected chi connectivity index (χ2v) is 9.60. The summed E-state index contributed by atoms with van der Waals surface area (Å²) in [6, 6.07) is 8.05. The fourth-order valence-electron chi connectivity index (χ4n) is 5.13. The summed E-state index contributed by atoms with van der Waals surface area (Å²) in [6.07, 6.45) is 4.23. The number of hydrogen-bond donors (Lipinski definition) is 1. The van der Waals surface area contributed by atoms with E-state index in [-0.39, 0.29) is 29.0 Å². The Kier molecular flexibility index (Phi) is 7.46. The van der Waals surface area contributed by atoms with Crippen LogP contribution in [0.15, 0.2) is 30.3 Å². The molecule has 2 aliphatic rings. The molecule has 1 aliphatic heterocycles. The van der Waals surface area contributed by atoms with Gasteiger partial charge >= 0.3 is 0 Å². The molecule has 1 saturated heterocycles. The number of carbonyl (C=O) groups is 2. The average molecular weight is 481 g/mol. The lowest BCUT2D eigenvalue weighted by atomic mass is 10.0. The van der Waals surface area contributed by atoms with Crippen molar-refractivity contribution in [3.63, 3.8) is 0 Å². The van der Waals surface area contributed by atoms with Gasteiger partial charge in [0.25, 0.3) is 5.91 Å². The topological polar surface area (TPSA) is 76.4 Å². The van der Waals surface area contributed by atoms with Gasteiger partial charge in [-0.2, -0.15) is 5.26 Å². The lowest BCUT2D eigenvalue weighted by Gasteiger charge is -2.41. The van der Waals surface area contributed by atoms with Crippen molar-refractivity contribution < 1.29 is 18.4 Å². The highest BCUT2D eigenvalue weighted by Gasteiger charge is 2.33. The van der Waals surface area contributed by atoms with Crippen LogP contribution in [0.25, 0.3) is 0 Å². The van der Waals surface area contributed by atoms with Gasteiger partial charge in [-0.1, -0.05) is 12.8 Å². The maximum absolute atomic E-state index is 14.5. The second-order valence-electron chi connectivity index (χ2n) is 9.60. The van der Waals surface area contributed by atoms with E-state index in [1.54, 1.807) is 6.07 Å². The number of amides is 2. The number of hydrogen-bond acceptors (Lipinski definition) is 4. The van der Waals surface area contributed by atoms with Gasteiger partial charge in [0.05, 0.1) is 5.56 Å². The van der Waals surface area contributed by atoms with Crippen LogP contribution in [0.5, 0.6) is 0 Å². The van der Waals surface area contributed by atoms with E-state index in [0.717, 1.165) is 42.9 Å². The van der Waals surface area contributed by atoms with E-state index >= 15 is 0 Å². The van der Waals surface area contributed by atoms with Crippen molar-refractivity contribution in [3.05, 3.63) is 64.2 Å². The third-order valence-corrected chi connectivity index (χ3v) is 7.17. The van der Waals surface area contributed by atoms with Crippen molar-refractivity contribution >= 4 is 17.5 Å². The molecule has 8 heteroatoms. The van der Waals surface area contributed by atoms with Crippen molar-refractivity contribution in [1.82, 2.24) is 9.80 Å². The number of piperazine rings is 1. The number of carbonyl (C=O) groups excluding carboxylic acids is 2. The molecular weight excluding hydrogens is 450 g/mol. The molecule has 1 heterocycles. The molecule has 184 valence electrons. The zero-order valence-corrected chi connectivity index (χ0v) is 20.1. The van der Waals surface area contributed by atoms with Crippen molar-refractivity contribution in [3.8, 4) is 6.07 Å². The van der Waals surface area contributed by atoms with Crippen LogP contribution in [0.3, 0.4) is 0 Å². The van der Waals surface area contributed by atoms with Crippen LogP contribution in [-0.4, -0.2) is 47.3 Å². The van der Waals surface area contributed by atoms with E-state index < -0.39 is 17.5 Å². The third-order valence-electron chi connectivity index (χ3n) is 7.17. The Morgan fingerprint density at radius 3 is 2.57 bits per heavy atom. The highest BCUT2D eigenvalue weighted by Crippen LogP contribution is 2.29. The fraction of sp³-hybridized carbons (Fsp3) is 0.444. The maximum Gasteiger partial charge on any atom is 0.255 e. The van der Waals surface area contributed by atoms with Gasteiger partial charge in [0.2, 0.25) is 5.91 Å². The lowest BCUT2D eigenvalue weighted by molar-refractivity contribution is -0.140. The van der Waals surface area contributed by atoms with E-state index in [4.69, 9.17) is 5.26 Å². The molecule has 6 nitrogen and oxygen atoms in total. The summed E-state index contributed by atoms with van der Waals surface area (Å²) in [6.45, 7) is 6.42. The van der Waals surface area contributed by atoms with E-state index in [1.807, 2.05) is 11.8 Å². The summed E-state index contributed by atoms with van der Waals surface area (Å²) in [5.74, 6) is -1.30. The summed E-state index contributed by atoms with van der Waals surface area (Å²) in [5.41, 5.74) is 1.70. The molecule has 2 aromatic carbocycles. The summed E-state index contributed by atoms with van der Waals surface area (Å²) >= 11 is 0. The first kappa shape index (κ1) is 24.8. The molecular formula is C27H30F2N4O2. The Hall–Kier alpha value is -3.31. The SMILES string of the molecule is Cc1c(CN2CCN(C(=O)C3CCCC3)C(C)C2)cc(F)cc1NC(=O)c1ccc(F)c(C#N)c1. The minimum absolute atomic E-state index is 0.0812. The van der Waals surface area contributed by atoms with Crippen LogP contribution in [0.1, 0.15) is 59.7 Å². The number of rotatable bonds is 5. The lowest BCUT2D eigenvalue weighted by Crippen LogP contribution is -2.54. The summed E-state index contributed by atoms with van der Waals surface area (Å²) in [5, 5.41) is 11.7. The van der Waals surface area contributed by atoms with Crippen molar-refractivity contribution in [1.29, 1.82) is 5.26 Å². The highest BCUT2D eigenvalue weighted by atomic mass is 19.1. The van der Waals surface area contributed by atoms with Crippen molar-refractivity contribution in [2.24, 2.45) is 5.92 Å². The fourth-order valence-corrected chi connectivity index (χ4v) is 5.13. The Labute approximate surface area is 204 Å². The minimum Gasteiger partial charge on any atom is -0.337 e. The third kappa shape index (κ3) is 5.51. The van der Waals surface area contributed by atoms with Gasteiger partial charge in [-0.15, -0.1) is 0 Å². The number of anilines is 1. The Morgan fingerprint density at radius 1 is 1.14 bits per heavy atom. The van der Waals surface area contributed by atoms with Gasteiger partial charge in [-0.05, 0) is 68.1 Å². The quantitative estimate of drug-likeness (QED) is 0.678. The second kappa shape index (κ2) is 10.5.